The topological polar surface area (TPSA) is 75.3 Å². The first-order valence-corrected chi connectivity index (χ1v) is 11.7. The zero-order valence-electron chi connectivity index (χ0n) is 18.0. The molecule has 1 aliphatic heterocycles. The van der Waals surface area contributed by atoms with Crippen LogP contribution in [0.1, 0.15) is 22.2 Å². The Labute approximate surface area is 191 Å². The second kappa shape index (κ2) is 8.59. The summed E-state index contributed by atoms with van der Waals surface area (Å²) in [5.41, 5.74) is 9.39. The fraction of sp³-hybridized carbons (Fsp3) is 0.240. The molecule has 1 fully saturated rings. The lowest BCUT2D eigenvalue weighted by molar-refractivity contribution is 0.0746. The zero-order chi connectivity index (χ0) is 22.1. The zero-order valence-corrected chi connectivity index (χ0v) is 18.8. The van der Waals surface area contributed by atoms with Gasteiger partial charge in [0.05, 0.1) is 5.39 Å². The van der Waals surface area contributed by atoms with Gasteiger partial charge in [-0.25, -0.2) is 9.97 Å². The summed E-state index contributed by atoms with van der Waals surface area (Å²) in [5, 5.41) is 1.12. The van der Waals surface area contributed by atoms with E-state index in [1.165, 1.54) is 4.88 Å². The summed E-state index contributed by atoms with van der Waals surface area (Å²) in [6, 6.07) is 17.8. The van der Waals surface area contributed by atoms with Crippen molar-refractivity contribution in [2.24, 2.45) is 0 Å². The lowest BCUT2D eigenvalue weighted by Crippen LogP contribution is -2.49. The first-order valence-electron chi connectivity index (χ1n) is 10.9. The molecule has 0 unspecified atom stereocenters. The van der Waals surface area contributed by atoms with Gasteiger partial charge in [0.15, 0.2) is 0 Å². The first kappa shape index (κ1) is 20.5. The number of nitrogens with zero attached hydrogens (tertiary/aromatic N) is 4. The van der Waals surface area contributed by atoms with Crippen LogP contribution in [0.5, 0.6) is 0 Å². The van der Waals surface area contributed by atoms with Crippen LogP contribution < -0.4 is 10.6 Å². The summed E-state index contributed by atoms with van der Waals surface area (Å²) in [4.78, 5) is 28.6. The van der Waals surface area contributed by atoms with Crippen molar-refractivity contribution in [2.45, 2.75) is 13.3 Å². The molecule has 0 radical (unpaired) electrons. The van der Waals surface area contributed by atoms with Crippen molar-refractivity contribution in [3.63, 3.8) is 0 Å². The third-order valence-electron chi connectivity index (χ3n) is 5.95. The standard InChI is InChI=1S/C25H25N5OS/c1-2-21-15-22-23(27-16-28-24(22)32-21)29-11-13-30(14-12-29)25(31)19-5-3-17(4-6-19)18-7-9-20(26)10-8-18/h3-10,15-16H,2,11-14,26H2,1H3. The lowest BCUT2D eigenvalue weighted by atomic mass is 10.0. The van der Waals surface area contributed by atoms with Gasteiger partial charge in [-0.15, -0.1) is 11.3 Å². The Morgan fingerprint density at radius 1 is 0.969 bits per heavy atom. The molecular weight excluding hydrogens is 418 g/mol. The number of benzene rings is 2. The Hall–Kier alpha value is -3.45. The second-order valence-corrected chi connectivity index (χ2v) is 9.08. The van der Waals surface area contributed by atoms with Gasteiger partial charge in [-0.05, 0) is 47.9 Å². The highest BCUT2D eigenvalue weighted by molar-refractivity contribution is 7.18. The number of aryl methyl sites for hydroxylation is 1. The molecule has 3 heterocycles. The number of piperazine rings is 1. The van der Waals surface area contributed by atoms with Gasteiger partial charge in [0.1, 0.15) is 17.0 Å². The number of hydrogen-bond acceptors (Lipinski definition) is 6. The van der Waals surface area contributed by atoms with Gasteiger partial charge in [0, 0.05) is 42.3 Å². The minimum absolute atomic E-state index is 0.0742. The number of thiophene rings is 1. The van der Waals surface area contributed by atoms with E-state index in [9.17, 15) is 4.79 Å². The Balaban J connectivity index is 1.27. The van der Waals surface area contributed by atoms with Gasteiger partial charge in [-0.1, -0.05) is 31.2 Å². The molecule has 1 aliphatic rings. The van der Waals surface area contributed by atoms with Gasteiger partial charge < -0.3 is 15.5 Å². The number of fused-ring (bicyclic) bond motifs is 1. The number of anilines is 2. The van der Waals surface area contributed by atoms with Gasteiger partial charge in [0.2, 0.25) is 0 Å². The summed E-state index contributed by atoms with van der Waals surface area (Å²) in [5.74, 6) is 1.05. The molecule has 0 aliphatic carbocycles. The van der Waals surface area contributed by atoms with Gasteiger partial charge in [0.25, 0.3) is 5.91 Å². The molecule has 2 aromatic heterocycles. The van der Waals surface area contributed by atoms with Crippen LogP contribution in [0.25, 0.3) is 21.3 Å². The van der Waals surface area contributed by atoms with Gasteiger partial charge in [-0.3, -0.25) is 4.79 Å². The molecular formula is C25H25N5OS. The predicted molar refractivity (Wildman–Crippen MR) is 131 cm³/mol. The number of rotatable bonds is 4. The minimum atomic E-state index is 0.0742. The first-order chi connectivity index (χ1) is 15.6. The maximum atomic E-state index is 13.1. The SMILES string of the molecule is CCc1cc2c(N3CCN(C(=O)c4ccc(-c5ccc(N)cc5)cc4)CC3)ncnc2s1. The molecule has 7 heteroatoms. The van der Waals surface area contributed by atoms with E-state index >= 15 is 0 Å². The van der Waals surface area contributed by atoms with E-state index in [0.29, 0.717) is 18.7 Å². The number of carbonyl (C=O) groups excluding carboxylic acids is 1. The maximum absolute atomic E-state index is 13.1. The molecule has 6 nitrogen and oxygen atoms in total. The molecule has 162 valence electrons. The summed E-state index contributed by atoms with van der Waals surface area (Å²) >= 11 is 1.73. The summed E-state index contributed by atoms with van der Waals surface area (Å²) < 4.78 is 0. The van der Waals surface area contributed by atoms with Crippen LogP contribution in [0.2, 0.25) is 0 Å². The molecule has 0 saturated carbocycles. The van der Waals surface area contributed by atoms with E-state index in [1.54, 1.807) is 17.7 Å². The third-order valence-corrected chi connectivity index (χ3v) is 7.14. The largest absolute Gasteiger partial charge is 0.399 e. The maximum Gasteiger partial charge on any atom is 0.253 e. The van der Waals surface area contributed by atoms with Crippen LogP contribution in [-0.2, 0) is 6.42 Å². The normalized spacial score (nSPS) is 14.2. The van der Waals surface area contributed by atoms with Crippen LogP contribution in [0.3, 0.4) is 0 Å². The summed E-state index contributed by atoms with van der Waals surface area (Å²) in [6.07, 6.45) is 2.65. The second-order valence-electron chi connectivity index (χ2n) is 7.96. The average molecular weight is 444 g/mol. The predicted octanol–water partition coefficient (Wildman–Crippen LogP) is 4.47. The van der Waals surface area contributed by atoms with Crippen LogP contribution in [0.4, 0.5) is 11.5 Å². The van der Waals surface area contributed by atoms with Crippen molar-refractivity contribution in [2.75, 3.05) is 36.8 Å². The molecule has 2 aromatic carbocycles. The monoisotopic (exact) mass is 443 g/mol. The molecule has 4 aromatic rings. The van der Waals surface area contributed by atoms with E-state index in [4.69, 9.17) is 5.73 Å². The number of nitrogen functional groups attached to an aromatic ring is 1. The highest BCUT2D eigenvalue weighted by Crippen LogP contribution is 2.31. The molecule has 0 atom stereocenters. The van der Waals surface area contributed by atoms with Crippen molar-refractivity contribution in [1.82, 2.24) is 14.9 Å². The Bertz CT molecular complexity index is 1240. The van der Waals surface area contributed by atoms with E-state index in [2.05, 4.69) is 27.9 Å². The number of aromatic nitrogens is 2. The molecule has 1 saturated heterocycles. The van der Waals surface area contributed by atoms with Crippen molar-refractivity contribution < 1.29 is 4.79 Å². The van der Waals surface area contributed by atoms with Crippen molar-refractivity contribution in [3.05, 3.63) is 71.4 Å². The molecule has 32 heavy (non-hydrogen) atoms. The van der Waals surface area contributed by atoms with E-state index in [0.717, 1.165) is 52.4 Å². The number of nitrogens with two attached hydrogens (primary N) is 1. The van der Waals surface area contributed by atoms with E-state index < -0.39 is 0 Å². The van der Waals surface area contributed by atoms with Crippen molar-refractivity contribution in [3.8, 4) is 11.1 Å². The highest BCUT2D eigenvalue weighted by atomic mass is 32.1. The third kappa shape index (κ3) is 3.91. The lowest BCUT2D eigenvalue weighted by Gasteiger charge is -2.35. The fourth-order valence-electron chi connectivity index (χ4n) is 4.10. The van der Waals surface area contributed by atoms with Crippen molar-refractivity contribution in [1.29, 1.82) is 0 Å². The van der Waals surface area contributed by atoms with Crippen molar-refractivity contribution >= 4 is 39.0 Å². The quantitative estimate of drug-likeness (QED) is 0.471. The highest BCUT2D eigenvalue weighted by Gasteiger charge is 2.24. The van der Waals surface area contributed by atoms with Crippen LogP contribution in [0, 0.1) is 0 Å². The van der Waals surface area contributed by atoms with Crippen LogP contribution in [-0.4, -0.2) is 47.0 Å². The average Bonchev–Trinajstić information content (AvgIpc) is 3.28. The summed E-state index contributed by atoms with van der Waals surface area (Å²) in [7, 11) is 0. The molecule has 5 rings (SSSR count). The molecule has 1 amide bonds. The Morgan fingerprint density at radius 2 is 1.62 bits per heavy atom. The Kier molecular flexibility index (Phi) is 5.49. The van der Waals surface area contributed by atoms with E-state index in [1.807, 2.05) is 53.4 Å². The summed E-state index contributed by atoms with van der Waals surface area (Å²) in [6.45, 7) is 5.03. The minimum Gasteiger partial charge on any atom is -0.399 e. The van der Waals surface area contributed by atoms with Crippen LogP contribution in [0.15, 0.2) is 60.9 Å². The fourth-order valence-corrected chi connectivity index (χ4v) is 5.03. The van der Waals surface area contributed by atoms with Gasteiger partial charge >= 0.3 is 0 Å². The smallest absolute Gasteiger partial charge is 0.253 e. The Morgan fingerprint density at radius 3 is 2.28 bits per heavy atom. The number of hydrogen-bond donors (Lipinski definition) is 1. The van der Waals surface area contributed by atoms with E-state index in [-0.39, 0.29) is 5.91 Å². The molecule has 0 bridgehead atoms. The number of carbonyl (C=O) groups is 1. The van der Waals surface area contributed by atoms with Gasteiger partial charge in [-0.2, -0.15) is 0 Å². The molecule has 2 N–H and O–H groups in total. The number of amides is 1. The molecule has 0 spiro atoms. The van der Waals surface area contributed by atoms with Crippen LogP contribution >= 0.6 is 11.3 Å².